The van der Waals surface area contributed by atoms with Crippen LogP contribution < -0.4 is 0 Å². The van der Waals surface area contributed by atoms with Crippen molar-refractivity contribution in [1.82, 2.24) is 9.80 Å². The minimum atomic E-state index is -1.02. The van der Waals surface area contributed by atoms with E-state index >= 15 is 0 Å². The van der Waals surface area contributed by atoms with Gasteiger partial charge in [0.1, 0.15) is 0 Å². The standard InChI is InChI=1S/C13H13N3O2/c1-15-9-12(17)16(11(7-14)13(15)18)8-10-5-3-2-4-6-10/h2-6,11H,8-9H2,1H3. The molecule has 0 spiro atoms. The molecule has 1 unspecified atom stereocenters. The third kappa shape index (κ3) is 2.18. The van der Waals surface area contributed by atoms with E-state index < -0.39 is 6.04 Å². The second-order valence-corrected chi connectivity index (χ2v) is 4.23. The van der Waals surface area contributed by atoms with Crippen LogP contribution in [0.4, 0.5) is 0 Å². The number of hydrogen-bond acceptors (Lipinski definition) is 3. The van der Waals surface area contributed by atoms with Gasteiger partial charge in [0.15, 0.2) is 6.04 Å². The van der Waals surface area contributed by atoms with Crippen LogP contribution in [0.2, 0.25) is 0 Å². The van der Waals surface area contributed by atoms with Gasteiger partial charge in [0.25, 0.3) is 5.91 Å². The lowest BCUT2D eigenvalue weighted by Crippen LogP contribution is -2.57. The molecule has 5 nitrogen and oxygen atoms in total. The second kappa shape index (κ2) is 4.88. The van der Waals surface area contributed by atoms with E-state index in [0.29, 0.717) is 0 Å². The molecule has 0 aromatic heterocycles. The molecule has 1 aromatic rings. The fraction of sp³-hybridized carbons (Fsp3) is 0.308. The van der Waals surface area contributed by atoms with Crippen LogP contribution in [-0.4, -0.2) is 41.2 Å². The van der Waals surface area contributed by atoms with Gasteiger partial charge in [-0.2, -0.15) is 5.26 Å². The summed E-state index contributed by atoms with van der Waals surface area (Å²) in [5.41, 5.74) is 0.906. The SMILES string of the molecule is CN1CC(=O)N(Cc2ccccc2)C(C#N)C1=O. The van der Waals surface area contributed by atoms with Crippen LogP contribution in [0.3, 0.4) is 0 Å². The highest BCUT2D eigenvalue weighted by Crippen LogP contribution is 2.14. The zero-order valence-electron chi connectivity index (χ0n) is 10.0. The van der Waals surface area contributed by atoms with Crippen molar-refractivity contribution < 1.29 is 9.59 Å². The Hall–Kier alpha value is -2.35. The first-order valence-corrected chi connectivity index (χ1v) is 5.61. The summed E-state index contributed by atoms with van der Waals surface area (Å²) in [6.45, 7) is 0.321. The summed E-state index contributed by atoms with van der Waals surface area (Å²) in [6.07, 6.45) is 0. The van der Waals surface area contributed by atoms with Crippen molar-refractivity contribution in [2.45, 2.75) is 12.6 Å². The molecule has 0 radical (unpaired) electrons. The third-order valence-electron chi connectivity index (χ3n) is 2.93. The summed E-state index contributed by atoms with van der Waals surface area (Å²) in [6, 6.07) is 10.2. The zero-order valence-corrected chi connectivity index (χ0v) is 10.0. The Morgan fingerprint density at radius 3 is 2.61 bits per heavy atom. The van der Waals surface area contributed by atoms with E-state index in [2.05, 4.69) is 0 Å². The Balaban J connectivity index is 2.22. The van der Waals surface area contributed by atoms with Crippen LogP contribution in [0.15, 0.2) is 30.3 Å². The van der Waals surface area contributed by atoms with E-state index in [9.17, 15) is 9.59 Å². The van der Waals surface area contributed by atoms with Gasteiger partial charge >= 0.3 is 0 Å². The number of nitriles is 1. The Bertz CT molecular complexity index is 507. The number of carbonyl (C=O) groups excluding carboxylic acids is 2. The van der Waals surface area contributed by atoms with E-state index in [1.807, 2.05) is 36.4 Å². The highest BCUT2D eigenvalue weighted by Gasteiger charge is 2.37. The maximum Gasteiger partial charge on any atom is 0.260 e. The predicted octanol–water partition coefficient (Wildman–Crippen LogP) is 0.379. The molecule has 0 bridgehead atoms. The molecule has 1 heterocycles. The molecule has 1 aliphatic rings. The van der Waals surface area contributed by atoms with Crippen molar-refractivity contribution in [3.8, 4) is 6.07 Å². The van der Waals surface area contributed by atoms with Gasteiger partial charge in [-0.15, -0.1) is 0 Å². The first-order valence-electron chi connectivity index (χ1n) is 5.61. The highest BCUT2D eigenvalue weighted by molar-refractivity contribution is 5.96. The molecule has 5 heteroatoms. The van der Waals surface area contributed by atoms with Crippen LogP contribution in [0, 0.1) is 11.3 Å². The number of amides is 2. The monoisotopic (exact) mass is 243 g/mol. The van der Waals surface area contributed by atoms with E-state index in [-0.39, 0.29) is 24.9 Å². The predicted molar refractivity (Wildman–Crippen MR) is 64.0 cm³/mol. The maximum absolute atomic E-state index is 11.9. The fourth-order valence-electron chi connectivity index (χ4n) is 1.94. The van der Waals surface area contributed by atoms with E-state index in [1.165, 1.54) is 16.8 Å². The number of rotatable bonds is 2. The lowest BCUT2D eigenvalue weighted by molar-refractivity contribution is -0.152. The summed E-state index contributed by atoms with van der Waals surface area (Å²) >= 11 is 0. The molecular formula is C13H13N3O2. The van der Waals surface area contributed by atoms with Gasteiger partial charge in [-0.05, 0) is 5.56 Å². The van der Waals surface area contributed by atoms with Gasteiger partial charge in [0.05, 0.1) is 12.6 Å². The number of nitrogens with zero attached hydrogens (tertiary/aromatic N) is 3. The Labute approximate surface area is 105 Å². The minimum absolute atomic E-state index is 0.0316. The fourth-order valence-corrected chi connectivity index (χ4v) is 1.94. The summed E-state index contributed by atoms with van der Waals surface area (Å²) in [5.74, 6) is -0.527. The summed E-state index contributed by atoms with van der Waals surface area (Å²) in [5, 5.41) is 9.05. The minimum Gasteiger partial charge on any atom is -0.334 e. The average molecular weight is 243 g/mol. The topological polar surface area (TPSA) is 64.4 Å². The molecule has 18 heavy (non-hydrogen) atoms. The van der Waals surface area contributed by atoms with Crippen molar-refractivity contribution in [1.29, 1.82) is 5.26 Å². The normalized spacial score (nSPS) is 19.9. The van der Waals surface area contributed by atoms with Gasteiger partial charge in [-0.25, -0.2) is 0 Å². The van der Waals surface area contributed by atoms with Gasteiger partial charge in [-0.3, -0.25) is 9.59 Å². The van der Waals surface area contributed by atoms with Crippen LogP contribution in [0.1, 0.15) is 5.56 Å². The number of hydrogen-bond donors (Lipinski definition) is 0. The molecule has 2 amide bonds. The molecule has 0 N–H and O–H groups in total. The lowest BCUT2D eigenvalue weighted by atomic mass is 10.1. The van der Waals surface area contributed by atoms with Crippen LogP contribution >= 0.6 is 0 Å². The van der Waals surface area contributed by atoms with Crippen LogP contribution in [-0.2, 0) is 16.1 Å². The summed E-state index contributed by atoms with van der Waals surface area (Å²) < 4.78 is 0. The first-order chi connectivity index (χ1) is 8.63. The molecule has 1 aromatic carbocycles. The van der Waals surface area contributed by atoms with E-state index in [1.54, 1.807) is 0 Å². The van der Waals surface area contributed by atoms with Crippen molar-refractivity contribution in [2.75, 3.05) is 13.6 Å². The molecule has 0 aliphatic carbocycles. The number of carbonyl (C=O) groups is 2. The third-order valence-corrected chi connectivity index (χ3v) is 2.93. The number of piperazine rings is 1. The van der Waals surface area contributed by atoms with Gasteiger partial charge < -0.3 is 9.80 Å². The van der Waals surface area contributed by atoms with Crippen molar-refractivity contribution in [2.24, 2.45) is 0 Å². The van der Waals surface area contributed by atoms with E-state index in [4.69, 9.17) is 5.26 Å². The first kappa shape index (κ1) is 12.1. The quantitative estimate of drug-likeness (QED) is 0.754. The number of benzene rings is 1. The van der Waals surface area contributed by atoms with Gasteiger partial charge in [-0.1, -0.05) is 30.3 Å². The molecular weight excluding hydrogens is 230 g/mol. The molecule has 1 saturated heterocycles. The molecule has 0 saturated carbocycles. The largest absolute Gasteiger partial charge is 0.334 e. The molecule has 1 fully saturated rings. The average Bonchev–Trinajstić information content (AvgIpc) is 2.37. The van der Waals surface area contributed by atoms with E-state index in [0.717, 1.165) is 5.56 Å². The number of likely N-dealkylation sites (N-methyl/N-ethyl adjacent to an activating group) is 1. The Morgan fingerprint density at radius 1 is 1.33 bits per heavy atom. The lowest BCUT2D eigenvalue weighted by Gasteiger charge is -2.35. The van der Waals surface area contributed by atoms with Crippen LogP contribution in [0.25, 0.3) is 0 Å². The van der Waals surface area contributed by atoms with Crippen molar-refractivity contribution in [3.05, 3.63) is 35.9 Å². The highest BCUT2D eigenvalue weighted by atomic mass is 16.2. The van der Waals surface area contributed by atoms with Gasteiger partial charge in [0, 0.05) is 13.6 Å². The molecule has 2 rings (SSSR count). The summed E-state index contributed by atoms with van der Waals surface area (Å²) in [4.78, 5) is 26.3. The Kier molecular flexibility index (Phi) is 3.28. The van der Waals surface area contributed by atoms with Crippen LogP contribution in [0.5, 0.6) is 0 Å². The second-order valence-electron chi connectivity index (χ2n) is 4.23. The smallest absolute Gasteiger partial charge is 0.260 e. The molecule has 1 atom stereocenters. The maximum atomic E-state index is 11.9. The zero-order chi connectivity index (χ0) is 13.1. The summed E-state index contributed by atoms with van der Waals surface area (Å²) in [7, 11) is 1.53. The Morgan fingerprint density at radius 2 is 2.00 bits per heavy atom. The van der Waals surface area contributed by atoms with Crippen molar-refractivity contribution in [3.63, 3.8) is 0 Å². The molecule has 92 valence electrons. The molecule has 1 aliphatic heterocycles. The van der Waals surface area contributed by atoms with Crippen molar-refractivity contribution >= 4 is 11.8 Å². The van der Waals surface area contributed by atoms with Gasteiger partial charge in [0.2, 0.25) is 5.91 Å².